The summed E-state index contributed by atoms with van der Waals surface area (Å²) in [5, 5.41) is 6.36. The Morgan fingerprint density at radius 1 is 1.29 bits per heavy atom. The van der Waals surface area contributed by atoms with Crippen LogP contribution in [0.3, 0.4) is 0 Å². The van der Waals surface area contributed by atoms with E-state index < -0.39 is 5.54 Å². The topological polar surface area (TPSA) is 53.5 Å². The molecule has 2 N–H and O–H groups in total. The molecule has 120 valence electrons. The van der Waals surface area contributed by atoms with Crippen molar-refractivity contribution in [3.05, 3.63) is 0 Å². The Hall–Kier alpha value is -1.06. The van der Waals surface area contributed by atoms with Gasteiger partial charge in [-0.1, -0.05) is 41.0 Å². The fourth-order valence-electron chi connectivity index (χ4n) is 3.45. The van der Waals surface area contributed by atoms with E-state index in [-0.39, 0.29) is 5.91 Å². The van der Waals surface area contributed by atoms with Crippen molar-refractivity contribution < 1.29 is 4.79 Å². The van der Waals surface area contributed by atoms with E-state index >= 15 is 0 Å². The van der Waals surface area contributed by atoms with Crippen molar-refractivity contribution in [1.82, 2.24) is 10.6 Å². The Bertz CT molecular complexity index is 422. The van der Waals surface area contributed by atoms with Crippen molar-refractivity contribution in [2.45, 2.75) is 72.3 Å². The van der Waals surface area contributed by atoms with Crippen LogP contribution in [0.25, 0.3) is 0 Å². The molecule has 1 amide bonds. The summed E-state index contributed by atoms with van der Waals surface area (Å²) in [6, 6.07) is 0. The second-order valence-electron chi connectivity index (χ2n) is 8.24. The normalized spacial score (nSPS) is 32.4. The quantitative estimate of drug-likeness (QED) is 0.822. The van der Waals surface area contributed by atoms with Crippen LogP contribution in [0.15, 0.2) is 4.99 Å². The first-order valence-corrected chi connectivity index (χ1v) is 8.37. The van der Waals surface area contributed by atoms with E-state index in [2.05, 4.69) is 50.2 Å². The zero-order valence-electron chi connectivity index (χ0n) is 14.3. The van der Waals surface area contributed by atoms with Gasteiger partial charge in [-0.2, -0.15) is 0 Å². The molecule has 2 fully saturated rings. The lowest BCUT2D eigenvalue weighted by molar-refractivity contribution is -0.124. The van der Waals surface area contributed by atoms with Crippen LogP contribution < -0.4 is 10.6 Å². The highest BCUT2D eigenvalue weighted by atomic mass is 16.2. The van der Waals surface area contributed by atoms with Gasteiger partial charge in [-0.15, -0.1) is 0 Å². The van der Waals surface area contributed by atoms with Crippen molar-refractivity contribution >= 4 is 11.9 Å². The first-order chi connectivity index (χ1) is 9.73. The standard InChI is InChI=1S/C17H31N3O/c1-12(2)11-18-15-19-14(21)17(20-15)9-6-7-13(8-10-17)16(3,4)5/h12-13H,6-11H2,1-5H3,(H2,18,19,20,21). The minimum absolute atomic E-state index is 0.125. The molecule has 2 rings (SSSR count). The molecule has 0 radical (unpaired) electrons. The molecule has 2 atom stereocenters. The second-order valence-corrected chi connectivity index (χ2v) is 8.24. The van der Waals surface area contributed by atoms with Crippen molar-refractivity contribution in [1.29, 1.82) is 0 Å². The summed E-state index contributed by atoms with van der Waals surface area (Å²) in [6.45, 7) is 12.0. The van der Waals surface area contributed by atoms with E-state index in [4.69, 9.17) is 0 Å². The molecule has 1 heterocycles. The zero-order chi connectivity index (χ0) is 15.7. The third kappa shape index (κ3) is 3.78. The van der Waals surface area contributed by atoms with Gasteiger partial charge in [0.15, 0.2) is 5.96 Å². The SMILES string of the molecule is CC(C)CN=C1NC(=O)C2(CCCC(C(C)(C)C)CC2)N1. The van der Waals surface area contributed by atoms with E-state index in [0.29, 0.717) is 23.2 Å². The average molecular weight is 293 g/mol. The first-order valence-electron chi connectivity index (χ1n) is 8.37. The Kier molecular flexibility index (Phi) is 4.64. The smallest absolute Gasteiger partial charge is 0.252 e. The van der Waals surface area contributed by atoms with E-state index in [1.807, 2.05) is 0 Å². The van der Waals surface area contributed by atoms with E-state index in [1.54, 1.807) is 0 Å². The van der Waals surface area contributed by atoms with Gasteiger partial charge in [-0.25, -0.2) is 0 Å². The maximum absolute atomic E-state index is 12.5. The molecule has 1 aliphatic carbocycles. The van der Waals surface area contributed by atoms with Gasteiger partial charge in [0.2, 0.25) is 0 Å². The number of hydrogen-bond acceptors (Lipinski definition) is 2. The molecular weight excluding hydrogens is 262 g/mol. The Balaban J connectivity index is 2.06. The number of hydrogen-bond donors (Lipinski definition) is 2. The van der Waals surface area contributed by atoms with E-state index in [0.717, 1.165) is 32.2 Å². The predicted octanol–water partition coefficient (Wildman–Crippen LogP) is 3.08. The second kappa shape index (κ2) is 5.98. The average Bonchev–Trinajstić information content (AvgIpc) is 2.55. The predicted molar refractivity (Wildman–Crippen MR) is 87.2 cm³/mol. The summed E-state index contributed by atoms with van der Waals surface area (Å²) < 4.78 is 0. The Morgan fingerprint density at radius 2 is 2.00 bits per heavy atom. The van der Waals surface area contributed by atoms with Crippen LogP contribution in [-0.2, 0) is 4.79 Å². The van der Waals surface area contributed by atoms with Gasteiger partial charge in [-0.05, 0) is 42.9 Å². The molecular formula is C17H31N3O. The van der Waals surface area contributed by atoms with Crippen LogP contribution in [0, 0.1) is 17.3 Å². The largest absolute Gasteiger partial charge is 0.342 e. The highest BCUT2D eigenvalue weighted by Crippen LogP contribution is 2.40. The number of rotatable bonds is 2. The van der Waals surface area contributed by atoms with Crippen molar-refractivity contribution in [2.75, 3.05) is 6.54 Å². The third-order valence-corrected chi connectivity index (χ3v) is 4.94. The van der Waals surface area contributed by atoms with Crippen molar-refractivity contribution in [3.63, 3.8) is 0 Å². The summed E-state index contributed by atoms with van der Waals surface area (Å²) >= 11 is 0. The summed E-state index contributed by atoms with van der Waals surface area (Å²) in [5.41, 5.74) is -0.0784. The molecule has 0 aromatic carbocycles. The van der Waals surface area contributed by atoms with Crippen LogP contribution in [0.5, 0.6) is 0 Å². The number of carbonyl (C=O) groups excluding carboxylic acids is 1. The molecule has 4 heteroatoms. The lowest BCUT2D eigenvalue weighted by atomic mass is 9.76. The Labute approximate surface area is 129 Å². The monoisotopic (exact) mass is 293 g/mol. The molecule has 2 unspecified atom stereocenters. The molecule has 1 spiro atoms. The molecule has 21 heavy (non-hydrogen) atoms. The molecule has 1 aliphatic heterocycles. The fourth-order valence-corrected chi connectivity index (χ4v) is 3.45. The molecule has 0 aromatic heterocycles. The first kappa shape index (κ1) is 16.3. The Morgan fingerprint density at radius 3 is 2.62 bits per heavy atom. The summed E-state index contributed by atoms with van der Waals surface area (Å²) in [4.78, 5) is 17.0. The van der Waals surface area contributed by atoms with Crippen LogP contribution in [0.4, 0.5) is 0 Å². The van der Waals surface area contributed by atoms with E-state index in [1.165, 1.54) is 6.42 Å². The minimum Gasteiger partial charge on any atom is -0.342 e. The number of nitrogens with zero attached hydrogens (tertiary/aromatic N) is 1. The minimum atomic E-state index is -0.407. The summed E-state index contributed by atoms with van der Waals surface area (Å²) in [6.07, 6.45) is 5.29. The zero-order valence-corrected chi connectivity index (χ0v) is 14.3. The third-order valence-electron chi connectivity index (χ3n) is 4.94. The van der Waals surface area contributed by atoms with Gasteiger partial charge in [0.05, 0.1) is 0 Å². The lowest BCUT2D eigenvalue weighted by Crippen LogP contribution is -2.46. The van der Waals surface area contributed by atoms with E-state index in [9.17, 15) is 4.79 Å². The summed E-state index contributed by atoms with van der Waals surface area (Å²) in [5.74, 6) is 2.01. The molecule has 2 aliphatic rings. The van der Waals surface area contributed by atoms with Crippen LogP contribution in [0.1, 0.15) is 66.7 Å². The van der Waals surface area contributed by atoms with Crippen molar-refractivity contribution in [2.24, 2.45) is 22.2 Å². The lowest BCUT2D eigenvalue weighted by Gasteiger charge is -2.30. The van der Waals surface area contributed by atoms with Crippen LogP contribution in [-0.4, -0.2) is 24.0 Å². The summed E-state index contributed by atoms with van der Waals surface area (Å²) in [7, 11) is 0. The molecule has 0 bridgehead atoms. The van der Waals surface area contributed by atoms with Gasteiger partial charge in [0.1, 0.15) is 5.54 Å². The molecule has 0 aromatic rings. The van der Waals surface area contributed by atoms with Gasteiger partial charge in [-0.3, -0.25) is 15.1 Å². The number of carbonyl (C=O) groups is 1. The number of amides is 1. The maximum atomic E-state index is 12.5. The maximum Gasteiger partial charge on any atom is 0.252 e. The number of nitrogens with one attached hydrogen (secondary N) is 2. The number of guanidine groups is 1. The van der Waals surface area contributed by atoms with Gasteiger partial charge < -0.3 is 5.32 Å². The highest BCUT2D eigenvalue weighted by Gasteiger charge is 2.46. The van der Waals surface area contributed by atoms with Gasteiger partial charge in [0.25, 0.3) is 5.91 Å². The fraction of sp³-hybridized carbons (Fsp3) is 0.882. The highest BCUT2D eigenvalue weighted by molar-refractivity contribution is 6.09. The van der Waals surface area contributed by atoms with Crippen molar-refractivity contribution in [3.8, 4) is 0 Å². The molecule has 1 saturated heterocycles. The van der Waals surface area contributed by atoms with Crippen LogP contribution in [0.2, 0.25) is 0 Å². The van der Waals surface area contributed by atoms with Gasteiger partial charge in [0, 0.05) is 6.54 Å². The molecule has 1 saturated carbocycles. The van der Waals surface area contributed by atoms with Gasteiger partial charge >= 0.3 is 0 Å². The van der Waals surface area contributed by atoms with Crippen LogP contribution >= 0.6 is 0 Å². The molecule has 4 nitrogen and oxygen atoms in total. The number of aliphatic imine (C=N–C) groups is 1.